The molecule has 2 saturated heterocycles. The number of benzene rings is 1. The number of nitrogens with zero attached hydrogens (tertiary/aromatic N) is 4. The average Bonchev–Trinajstić information content (AvgIpc) is 3.14. The van der Waals surface area contributed by atoms with Crippen LogP contribution in [-0.2, 0) is 16.1 Å². The van der Waals surface area contributed by atoms with Gasteiger partial charge in [-0.1, -0.05) is 44.7 Å². The highest BCUT2D eigenvalue weighted by Gasteiger charge is 2.28. The second-order valence-corrected chi connectivity index (χ2v) is 10.6. The Labute approximate surface area is 195 Å². The molecule has 3 atom stereocenters. The van der Waals surface area contributed by atoms with Crippen LogP contribution in [0.4, 0.5) is 0 Å². The first-order chi connectivity index (χ1) is 15.5. The fraction of sp³-hybridized carbons (Fsp3) is 0.640. The van der Waals surface area contributed by atoms with Crippen molar-refractivity contribution in [3.05, 3.63) is 24.3 Å². The molecular formula is C25H36N4O2S. The minimum atomic E-state index is 0.141. The second kappa shape index (κ2) is 10.3. The van der Waals surface area contributed by atoms with Crippen molar-refractivity contribution in [1.82, 2.24) is 19.4 Å². The van der Waals surface area contributed by atoms with Gasteiger partial charge in [-0.05, 0) is 56.1 Å². The Kier molecular flexibility index (Phi) is 7.44. The number of likely N-dealkylation sites (tertiary alicyclic amines) is 2. The summed E-state index contributed by atoms with van der Waals surface area (Å²) in [7, 11) is 0. The molecule has 0 unspecified atom stereocenters. The lowest BCUT2D eigenvalue weighted by molar-refractivity contribution is -0.134. The minimum absolute atomic E-state index is 0.141. The number of aromatic nitrogens is 2. The maximum Gasteiger partial charge on any atom is 0.242 e. The van der Waals surface area contributed by atoms with Gasteiger partial charge in [0.1, 0.15) is 6.54 Å². The Balaban J connectivity index is 1.50. The fourth-order valence-electron chi connectivity index (χ4n) is 5.38. The summed E-state index contributed by atoms with van der Waals surface area (Å²) in [5.41, 5.74) is 1.83. The van der Waals surface area contributed by atoms with Gasteiger partial charge in [0.05, 0.1) is 16.8 Å². The normalized spacial score (nSPS) is 24.2. The number of imidazole rings is 1. The summed E-state index contributed by atoms with van der Waals surface area (Å²) >= 11 is 1.47. The Bertz CT molecular complexity index is 949. The largest absolute Gasteiger partial charge is 0.341 e. The SMILES string of the molecule is CC[C@@H]1CCCCN1C(=O)CSc1nc2ccccc2n1CC(=O)N1C[C@@H](C)C[C@H](C)C1. The van der Waals surface area contributed by atoms with E-state index >= 15 is 0 Å². The van der Waals surface area contributed by atoms with Crippen molar-refractivity contribution >= 4 is 34.6 Å². The zero-order chi connectivity index (χ0) is 22.7. The number of hydrogen-bond donors (Lipinski definition) is 0. The number of carbonyl (C=O) groups excluding carboxylic acids is 2. The molecule has 3 heterocycles. The Morgan fingerprint density at radius 3 is 2.59 bits per heavy atom. The zero-order valence-electron chi connectivity index (χ0n) is 19.6. The molecule has 32 heavy (non-hydrogen) atoms. The molecule has 0 N–H and O–H groups in total. The number of fused-ring (bicyclic) bond motifs is 1. The zero-order valence-corrected chi connectivity index (χ0v) is 20.4. The van der Waals surface area contributed by atoms with Gasteiger partial charge in [-0.25, -0.2) is 4.98 Å². The maximum absolute atomic E-state index is 13.2. The van der Waals surface area contributed by atoms with E-state index in [1.54, 1.807) is 0 Å². The van der Waals surface area contributed by atoms with Crippen molar-refractivity contribution in [2.45, 2.75) is 70.6 Å². The average molecular weight is 457 g/mol. The maximum atomic E-state index is 13.2. The third-order valence-electron chi connectivity index (χ3n) is 6.88. The molecular weight excluding hydrogens is 420 g/mol. The first-order valence-electron chi connectivity index (χ1n) is 12.1. The van der Waals surface area contributed by atoms with E-state index in [1.165, 1.54) is 24.6 Å². The van der Waals surface area contributed by atoms with Crippen LogP contribution in [0.25, 0.3) is 11.0 Å². The number of rotatable bonds is 6. The summed E-state index contributed by atoms with van der Waals surface area (Å²) in [6.07, 6.45) is 5.59. The topological polar surface area (TPSA) is 58.4 Å². The molecule has 1 aromatic heterocycles. The van der Waals surface area contributed by atoms with Gasteiger partial charge in [-0.15, -0.1) is 0 Å². The number of piperidine rings is 2. The molecule has 6 nitrogen and oxygen atoms in total. The smallest absolute Gasteiger partial charge is 0.242 e. The molecule has 0 aliphatic carbocycles. The highest BCUT2D eigenvalue weighted by molar-refractivity contribution is 7.99. The van der Waals surface area contributed by atoms with Crippen molar-refractivity contribution < 1.29 is 9.59 Å². The summed E-state index contributed by atoms with van der Waals surface area (Å²) in [6.45, 7) is 9.39. The van der Waals surface area contributed by atoms with Gasteiger partial charge in [0.15, 0.2) is 5.16 Å². The number of carbonyl (C=O) groups is 2. The van der Waals surface area contributed by atoms with E-state index in [0.29, 0.717) is 23.6 Å². The lowest BCUT2D eigenvalue weighted by Gasteiger charge is -2.35. The van der Waals surface area contributed by atoms with Crippen LogP contribution in [0.3, 0.4) is 0 Å². The lowest BCUT2D eigenvalue weighted by atomic mass is 9.92. The monoisotopic (exact) mass is 456 g/mol. The molecule has 0 saturated carbocycles. The lowest BCUT2D eigenvalue weighted by Crippen LogP contribution is -2.44. The van der Waals surface area contributed by atoms with Crippen LogP contribution in [0.1, 0.15) is 52.9 Å². The van der Waals surface area contributed by atoms with Crippen LogP contribution in [0.2, 0.25) is 0 Å². The number of thioether (sulfide) groups is 1. The van der Waals surface area contributed by atoms with Gasteiger partial charge in [0, 0.05) is 25.7 Å². The van der Waals surface area contributed by atoms with Crippen molar-refractivity contribution in [2.24, 2.45) is 11.8 Å². The van der Waals surface area contributed by atoms with Crippen LogP contribution >= 0.6 is 11.8 Å². The molecule has 2 aliphatic heterocycles. The van der Waals surface area contributed by atoms with Gasteiger partial charge < -0.3 is 14.4 Å². The predicted molar refractivity (Wildman–Crippen MR) is 130 cm³/mol. The van der Waals surface area contributed by atoms with E-state index in [1.807, 2.05) is 33.7 Å². The van der Waals surface area contributed by atoms with Crippen LogP contribution in [-0.4, -0.2) is 62.6 Å². The van der Waals surface area contributed by atoms with E-state index in [4.69, 9.17) is 4.98 Å². The Morgan fingerprint density at radius 2 is 1.84 bits per heavy atom. The Morgan fingerprint density at radius 1 is 1.09 bits per heavy atom. The third kappa shape index (κ3) is 5.13. The van der Waals surface area contributed by atoms with Gasteiger partial charge in [0.2, 0.25) is 11.8 Å². The molecule has 2 fully saturated rings. The highest BCUT2D eigenvalue weighted by atomic mass is 32.2. The molecule has 2 aliphatic rings. The Hall–Kier alpha value is -2.02. The van der Waals surface area contributed by atoms with Crippen molar-refractivity contribution in [2.75, 3.05) is 25.4 Å². The van der Waals surface area contributed by atoms with Gasteiger partial charge >= 0.3 is 0 Å². The fourth-order valence-corrected chi connectivity index (χ4v) is 6.28. The van der Waals surface area contributed by atoms with E-state index in [-0.39, 0.29) is 18.4 Å². The van der Waals surface area contributed by atoms with Crippen molar-refractivity contribution in [1.29, 1.82) is 0 Å². The van der Waals surface area contributed by atoms with Crippen LogP contribution in [0, 0.1) is 11.8 Å². The standard InChI is InChI=1S/C25H36N4O2S/c1-4-20-9-7-8-12-28(20)24(31)17-32-25-26-21-10-5-6-11-22(21)29(25)16-23(30)27-14-18(2)13-19(3)15-27/h5-6,10-11,18-20H,4,7-9,12-17H2,1-3H3/t18-,19-,20+/m0/s1. The second-order valence-electron chi connectivity index (χ2n) is 9.65. The third-order valence-corrected chi connectivity index (χ3v) is 7.84. The number of amides is 2. The summed E-state index contributed by atoms with van der Waals surface area (Å²) in [5, 5.41) is 0.760. The molecule has 0 radical (unpaired) electrons. The summed E-state index contributed by atoms with van der Waals surface area (Å²) in [5.74, 6) is 1.76. The van der Waals surface area contributed by atoms with Crippen molar-refractivity contribution in [3.8, 4) is 0 Å². The predicted octanol–water partition coefficient (Wildman–Crippen LogP) is 4.42. The number of hydrogen-bond acceptors (Lipinski definition) is 4. The molecule has 2 amide bonds. The molecule has 0 spiro atoms. The summed E-state index contributed by atoms with van der Waals surface area (Å²) in [6, 6.07) is 8.30. The van der Waals surface area contributed by atoms with E-state index in [0.717, 1.165) is 55.1 Å². The molecule has 174 valence electrons. The van der Waals surface area contributed by atoms with Crippen LogP contribution < -0.4 is 0 Å². The van der Waals surface area contributed by atoms with E-state index in [9.17, 15) is 9.59 Å². The summed E-state index contributed by atoms with van der Waals surface area (Å²) in [4.78, 5) is 35.1. The first kappa shape index (κ1) is 23.1. The van der Waals surface area contributed by atoms with Gasteiger partial charge in [0.25, 0.3) is 0 Å². The molecule has 1 aromatic carbocycles. The van der Waals surface area contributed by atoms with E-state index < -0.39 is 0 Å². The summed E-state index contributed by atoms with van der Waals surface area (Å²) < 4.78 is 2.01. The quantitative estimate of drug-likeness (QED) is 0.604. The van der Waals surface area contributed by atoms with Crippen LogP contribution in [0.5, 0.6) is 0 Å². The van der Waals surface area contributed by atoms with Crippen molar-refractivity contribution in [3.63, 3.8) is 0 Å². The first-order valence-corrected chi connectivity index (χ1v) is 13.1. The molecule has 0 bridgehead atoms. The van der Waals surface area contributed by atoms with Gasteiger partial charge in [-0.3, -0.25) is 9.59 Å². The molecule has 2 aromatic rings. The highest BCUT2D eigenvalue weighted by Crippen LogP contribution is 2.27. The van der Waals surface area contributed by atoms with E-state index in [2.05, 4.69) is 25.7 Å². The minimum Gasteiger partial charge on any atom is -0.341 e. The van der Waals surface area contributed by atoms with Gasteiger partial charge in [-0.2, -0.15) is 0 Å². The van der Waals surface area contributed by atoms with Crippen LogP contribution in [0.15, 0.2) is 29.4 Å². The molecule has 4 rings (SSSR count). The molecule has 7 heteroatoms. The number of para-hydroxylation sites is 2.